The van der Waals surface area contributed by atoms with Crippen molar-refractivity contribution in [3.8, 4) is 0 Å². The Morgan fingerprint density at radius 2 is 1.68 bits per heavy atom. The Balaban J connectivity index is 2.16. The number of hydrogen-bond donors (Lipinski definition) is 2. The van der Waals surface area contributed by atoms with Crippen LogP contribution in [0.15, 0.2) is 42.5 Å². The maximum absolute atomic E-state index is 13.0. The second-order valence-corrected chi connectivity index (χ2v) is 8.22. The van der Waals surface area contributed by atoms with Gasteiger partial charge in [0, 0.05) is 38.4 Å². The Morgan fingerprint density at radius 1 is 1.04 bits per heavy atom. The maximum Gasteiger partial charge on any atom is 0.253 e. The zero-order chi connectivity index (χ0) is 20.9. The van der Waals surface area contributed by atoms with Crippen molar-refractivity contribution in [2.75, 3.05) is 24.3 Å². The molecule has 28 heavy (non-hydrogen) atoms. The first-order valence-electron chi connectivity index (χ1n) is 9.19. The number of carbonyl (C=O) groups is 2. The molecule has 2 rings (SSSR count). The van der Waals surface area contributed by atoms with Crippen molar-refractivity contribution in [2.45, 2.75) is 33.7 Å². The minimum absolute atomic E-state index is 0.0947. The number of carbonyl (C=O) groups excluding carboxylic acids is 2. The van der Waals surface area contributed by atoms with Crippen molar-refractivity contribution in [3.63, 3.8) is 0 Å². The minimum Gasteiger partial charge on any atom is -0.377 e. The first-order chi connectivity index (χ1) is 13.0. The van der Waals surface area contributed by atoms with Crippen molar-refractivity contribution in [3.05, 3.63) is 59.4 Å². The standard InChI is InChI=1S/C22H28FN3O2/c1-22(2,3)13-20(27)25-17-10-11-19(26(4)5)18(12-17)21(28)24-14-15-6-8-16(23)9-7-15/h6-12H,13-14H2,1-5H3,(H,24,28)(H,25,27). The first kappa shape index (κ1) is 21.4. The lowest BCUT2D eigenvalue weighted by molar-refractivity contribution is -0.117. The SMILES string of the molecule is CN(C)c1ccc(NC(=O)CC(C)(C)C)cc1C(=O)NCc1ccc(F)cc1. The van der Waals surface area contributed by atoms with Gasteiger partial charge >= 0.3 is 0 Å². The fourth-order valence-corrected chi connectivity index (χ4v) is 2.75. The lowest BCUT2D eigenvalue weighted by Gasteiger charge is -2.20. The van der Waals surface area contributed by atoms with Crippen molar-refractivity contribution in [2.24, 2.45) is 5.41 Å². The Kier molecular flexibility index (Phi) is 6.78. The van der Waals surface area contributed by atoms with E-state index >= 15 is 0 Å². The van der Waals surface area contributed by atoms with E-state index < -0.39 is 0 Å². The number of anilines is 2. The van der Waals surface area contributed by atoms with Crippen LogP contribution in [0.5, 0.6) is 0 Å². The molecular formula is C22H28FN3O2. The summed E-state index contributed by atoms with van der Waals surface area (Å²) in [7, 11) is 3.70. The highest BCUT2D eigenvalue weighted by Crippen LogP contribution is 2.25. The Bertz CT molecular complexity index is 840. The van der Waals surface area contributed by atoms with Gasteiger partial charge in [-0.1, -0.05) is 32.9 Å². The van der Waals surface area contributed by atoms with Gasteiger partial charge in [-0.25, -0.2) is 4.39 Å². The van der Waals surface area contributed by atoms with Gasteiger partial charge < -0.3 is 15.5 Å². The van der Waals surface area contributed by atoms with Crippen LogP contribution in [-0.4, -0.2) is 25.9 Å². The van der Waals surface area contributed by atoms with E-state index in [1.165, 1.54) is 12.1 Å². The van der Waals surface area contributed by atoms with Gasteiger partial charge in [0.05, 0.1) is 5.56 Å². The van der Waals surface area contributed by atoms with Gasteiger partial charge in [0.25, 0.3) is 5.91 Å². The summed E-state index contributed by atoms with van der Waals surface area (Å²) in [6.07, 6.45) is 0.383. The van der Waals surface area contributed by atoms with Crippen molar-refractivity contribution in [1.82, 2.24) is 5.32 Å². The van der Waals surface area contributed by atoms with Gasteiger partial charge in [0.2, 0.25) is 5.91 Å². The van der Waals surface area contributed by atoms with Gasteiger partial charge in [-0.15, -0.1) is 0 Å². The van der Waals surface area contributed by atoms with Crippen LogP contribution < -0.4 is 15.5 Å². The number of nitrogens with zero attached hydrogens (tertiary/aromatic N) is 1. The summed E-state index contributed by atoms with van der Waals surface area (Å²) in [4.78, 5) is 26.8. The highest BCUT2D eigenvalue weighted by Gasteiger charge is 2.18. The molecule has 150 valence electrons. The maximum atomic E-state index is 13.0. The fourth-order valence-electron chi connectivity index (χ4n) is 2.75. The molecule has 2 N–H and O–H groups in total. The highest BCUT2D eigenvalue weighted by molar-refractivity contribution is 6.02. The Labute approximate surface area is 165 Å². The second-order valence-electron chi connectivity index (χ2n) is 8.22. The first-order valence-corrected chi connectivity index (χ1v) is 9.19. The molecule has 2 amide bonds. The minimum atomic E-state index is -0.316. The Hall–Kier alpha value is -2.89. The summed E-state index contributed by atoms with van der Waals surface area (Å²) in [5.41, 5.74) is 2.46. The van der Waals surface area contributed by atoms with E-state index in [0.717, 1.165) is 11.3 Å². The molecule has 0 aliphatic heterocycles. The molecule has 0 aliphatic rings. The number of rotatable bonds is 6. The summed E-state index contributed by atoms with van der Waals surface area (Å²) in [5.74, 6) is -0.675. The average molecular weight is 385 g/mol. The highest BCUT2D eigenvalue weighted by atomic mass is 19.1. The van der Waals surface area contributed by atoms with Crippen LogP contribution in [0.25, 0.3) is 0 Å². The number of halogens is 1. The third-order valence-electron chi connectivity index (χ3n) is 4.06. The van der Waals surface area contributed by atoms with Crippen molar-refractivity contribution < 1.29 is 14.0 Å². The predicted molar refractivity (Wildman–Crippen MR) is 111 cm³/mol. The number of amides is 2. The largest absolute Gasteiger partial charge is 0.377 e. The van der Waals surface area contributed by atoms with E-state index in [4.69, 9.17) is 0 Å². The van der Waals surface area contributed by atoms with Gasteiger partial charge in [0.1, 0.15) is 5.82 Å². The summed E-state index contributed by atoms with van der Waals surface area (Å²) in [5, 5.41) is 5.71. The lowest BCUT2D eigenvalue weighted by Crippen LogP contribution is -2.26. The van der Waals surface area contributed by atoms with Crippen LogP contribution in [0.1, 0.15) is 43.1 Å². The lowest BCUT2D eigenvalue weighted by atomic mass is 9.92. The quantitative estimate of drug-likeness (QED) is 0.784. The molecular weight excluding hydrogens is 357 g/mol. The molecule has 0 atom stereocenters. The molecule has 2 aromatic carbocycles. The van der Waals surface area contributed by atoms with Gasteiger partial charge in [0.15, 0.2) is 0 Å². The molecule has 5 nitrogen and oxygen atoms in total. The zero-order valence-corrected chi connectivity index (χ0v) is 17.1. The number of nitrogens with one attached hydrogen (secondary N) is 2. The monoisotopic (exact) mass is 385 g/mol. The molecule has 0 saturated heterocycles. The predicted octanol–water partition coefficient (Wildman–Crippen LogP) is 4.20. The Morgan fingerprint density at radius 3 is 2.25 bits per heavy atom. The summed E-state index contributed by atoms with van der Waals surface area (Å²) in [6.45, 7) is 6.27. The third-order valence-corrected chi connectivity index (χ3v) is 4.06. The van der Waals surface area contributed by atoms with E-state index in [-0.39, 0.29) is 29.6 Å². The number of hydrogen-bond acceptors (Lipinski definition) is 3. The number of benzene rings is 2. The summed E-state index contributed by atoms with van der Waals surface area (Å²) >= 11 is 0. The molecule has 0 bridgehead atoms. The van der Waals surface area contributed by atoms with Gasteiger partial charge in [-0.3, -0.25) is 9.59 Å². The zero-order valence-electron chi connectivity index (χ0n) is 17.1. The van der Waals surface area contributed by atoms with Crippen LogP contribution >= 0.6 is 0 Å². The van der Waals surface area contributed by atoms with Crippen molar-refractivity contribution in [1.29, 1.82) is 0 Å². The van der Waals surface area contributed by atoms with Gasteiger partial charge in [-0.05, 0) is 41.3 Å². The van der Waals surface area contributed by atoms with Crippen LogP contribution in [0, 0.1) is 11.2 Å². The van der Waals surface area contributed by atoms with E-state index in [2.05, 4.69) is 10.6 Å². The van der Waals surface area contributed by atoms with E-state index in [9.17, 15) is 14.0 Å². The fraction of sp³-hybridized carbons (Fsp3) is 0.364. The summed E-state index contributed by atoms with van der Waals surface area (Å²) < 4.78 is 13.0. The van der Waals surface area contributed by atoms with Crippen LogP contribution in [0.4, 0.5) is 15.8 Å². The van der Waals surface area contributed by atoms with E-state index in [1.807, 2.05) is 39.8 Å². The summed E-state index contributed by atoms with van der Waals surface area (Å²) in [6, 6.07) is 11.2. The smallest absolute Gasteiger partial charge is 0.253 e. The van der Waals surface area contributed by atoms with Crippen LogP contribution in [-0.2, 0) is 11.3 Å². The van der Waals surface area contributed by atoms with Crippen LogP contribution in [0.2, 0.25) is 0 Å². The molecule has 0 fully saturated rings. The molecule has 0 radical (unpaired) electrons. The molecule has 0 spiro atoms. The van der Waals surface area contributed by atoms with Crippen LogP contribution in [0.3, 0.4) is 0 Å². The molecule has 0 aliphatic carbocycles. The molecule has 6 heteroatoms. The van der Waals surface area contributed by atoms with Crippen molar-refractivity contribution >= 4 is 23.2 Å². The van der Waals surface area contributed by atoms with E-state index in [1.54, 1.807) is 30.3 Å². The molecule has 0 aromatic heterocycles. The molecule has 0 heterocycles. The van der Waals surface area contributed by atoms with E-state index in [0.29, 0.717) is 17.7 Å². The molecule has 0 unspecified atom stereocenters. The van der Waals surface area contributed by atoms with Gasteiger partial charge in [-0.2, -0.15) is 0 Å². The normalized spacial score (nSPS) is 11.1. The molecule has 2 aromatic rings. The molecule has 0 saturated carbocycles. The topological polar surface area (TPSA) is 61.4 Å². The third kappa shape index (κ3) is 6.37. The average Bonchev–Trinajstić information content (AvgIpc) is 2.59. The second kappa shape index (κ2) is 8.87.